The fourth-order valence-corrected chi connectivity index (χ4v) is 1.56. The molecule has 0 amide bonds. The second-order valence-electron chi connectivity index (χ2n) is 3.17. The maximum Gasteiger partial charge on any atom is 0.0580 e. The molecule has 66 valence electrons. The zero-order valence-electron chi connectivity index (χ0n) is 7.70. The minimum absolute atomic E-state index is 0.252. The molecule has 0 aliphatic rings. The van der Waals surface area contributed by atoms with Crippen molar-refractivity contribution in [1.29, 1.82) is 0 Å². The third kappa shape index (κ3) is 2.08. The highest BCUT2D eigenvalue weighted by atomic mass is 16.3. The lowest BCUT2D eigenvalue weighted by atomic mass is 9.92. The first-order chi connectivity index (χ1) is 5.75. The summed E-state index contributed by atoms with van der Waals surface area (Å²) >= 11 is 0. The molecule has 0 heterocycles. The average Bonchev–Trinajstić information content (AvgIpc) is 2.07. The van der Waals surface area contributed by atoms with Gasteiger partial charge in [-0.25, -0.2) is 0 Å². The van der Waals surface area contributed by atoms with E-state index in [1.54, 1.807) is 0 Å². The van der Waals surface area contributed by atoms with Gasteiger partial charge in [0, 0.05) is 5.92 Å². The molecule has 0 saturated carbocycles. The van der Waals surface area contributed by atoms with Crippen molar-refractivity contribution in [3.63, 3.8) is 0 Å². The average molecular weight is 164 g/mol. The highest BCUT2D eigenvalue weighted by Crippen LogP contribution is 2.22. The van der Waals surface area contributed by atoms with Gasteiger partial charge in [-0.15, -0.1) is 0 Å². The Kier molecular flexibility index (Phi) is 3.30. The Balaban J connectivity index is 2.80. The molecular formula is C11H16O. The fourth-order valence-electron chi connectivity index (χ4n) is 1.56. The molecule has 0 bridgehead atoms. The van der Waals surface area contributed by atoms with E-state index in [1.807, 2.05) is 25.1 Å². The van der Waals surface area contributed by atoms with Crippen LogP contribution in [-0.2, 0) is 0 Å². The molecule has 1 unspecified atom stereocenters. The predicted octanol–water partition coefficient (Wildman–Crippen LogP) is 2.56. The van der Waals surface area contributed by atoms with Gasteiger partial charge in [0.15, 0.2) is 0 Å². The molecule has 1 heteroatoms. The number of hydrogen-bond acceptors (Lipinski definition) is 1. The minimum atomic E-state index is -0.252. The van der Waals surface area contributed by atoms with Crippen LogP contribution in [0.1, 0.15) is 31.7 Å². The largest absolute Gasteiger partial charge is 0.393 e. The molecule has 1 nitrogen and oxygen atoms in total. The molecule has 1 N–H and O–H groups in total. The van der Waals surface area contributed by atoms with Crippen LogP contribution in [0.15, 0.2) is 30.3 Å². The van der Waals surface area contributed by atoms with Gasteiger partial charge in [-0.05, 0) is 18.9 Å². The van der Waals surface area contributed by atoms with E-state index in [9.17, 15) is 5.11 Å². The van der Waals surface area contributed by atoms with Gasteiger partial charge >= 0.3 is 0 Å². The summed E-state index contributed by atoms with van der Waals surface area (Å²) < 4.78 is 0. The van der Waals surface area contributed by atoms with Gasteiger partial charge < -0.3 is 5.11 Å². The van der Waals surface area contributed by atoms with Crippen LogP contribution in [0.4, 0.5) is 0 Å². The molecule has 0 aliphatic carbocycles. The molecule has 0 fully saturated rings. The molecule has 0 aromatic heterocycles. The van der Waals surface area contributed by atoms with Crippen LogP contribution >= 0.6 is 0 Å². The van der Waals surface area contributed by atoms with Crippen LogP contribution in [-0.4, -0.2) is 11.2 Å². The third-order valence-electron chi connectivity index (χ3n) is 2.25. The van der Waals surface area contributed by atoms with Gasteiger partial charge in [0.1, 0.15) is 0 Å². The first-order valence-corrected chi connectivity index (χ1v) is 4.48. The van der Waals surface area contributed by atoms with Crippen LogP contribution in [0.2, 0.25) is 0 Å². The molecule has 0 saturated heterocycles. The van der Waals surface area contributed by atoms with Gasteiger partial charge in [0.2, 0.25) is 0 Å². The topological polar surface area (TPSA) is 20.2 Å². The van der Waals surface area contributed by atoms with Crippen molar-refractivity contribution in [1.82, 2.24) is 0 Å². The molecule has 0 radical (unpaired) electrons. The predicted molar refractivity (Wildman–Crippen MR) is 51.2 cm³/mol. The SMILES string of the molecule is CC[C@H](c1ccccc1)C(C)O. The van der Waals surface area contributed by atoms with Gasteiger partial charge in [0.05, 0.1) is 6.10 Å². The van der Waals surface area contributed by atoms with E-state index in [2.05, 4.69) is 19.1 Å². The second-order valence-corrected chi connectivity index (χ2v) is 3.17. The van der Waals surface area contributed by atoms with Crippen LogP contribution in [0.25, 0.3) is 0 Å². The standard InChI is InChI=1S/C11H16O/c1-3-11(9(2)12)10-7-5-4-6-8-10/h4-9,11-12H,3H2,1-2H3/t9?,11-/m0/s1. The van der Waals surface area contributed by atoms with E-state index in [4.69, 9.17) is 0 Å². The Morgan fingerprint density at radius 1 is 1.25 bits per heavy atom. The van der Waals surface area contributed by atoms with Crippen LogP contribution in [0.5, 0.6) is 0 Å². The number of aliphatic hydroxyl groups excluding tert-OH is 1. The molecule has 1 rings (SSSR count). The van der Waals surface area contributed by atoms with Gasteiger partial charge in [-0.1, -0.05) is 37.3 Å². The highest BCUT2D eigenvalue weighted by molar-refractivity contribution is 5.20. The monoisotopic (exact) mass is 164 g/mol. The van der Waals surface area contributed by atoms with E-state index in [0.29, 0.717) is 0 Å². The van der Waals surface area contributed by atoms with E-state index in [0.717, 1.165) is 6.42 Å². The Morgan fingerprint density at radius 3 is 2.25 bits per heavy atom. The number of rotatable bonds is 3. The van der Waals surface area contributed by atoms with Gasteiger partial charge in [-0.3, -0.25) is 0 Å². The molecule has 0 spiro atoms. The lowest BCUT2D eigenvalue weighted by Gasteiger charge is -2.17. The minimum Gasteiger partial charge on any atom is -0.393 e. The zero-order chi connectivity index (χ0) is 8.97. The van der Waals surface area contributed by atoms with Gasteiger partial charge in [0.25, 0.3) is 0 Å². The summed E-state index contributed by atoms with van der Waals surface area (Å²) in [7, 11) is 0. The number of hydrogen-bond donors (Lipinski definition) is 1. The van der Waals surface area contributed by atoms with Gasteiger partial charge in [-0.2, -0.15) is 0 Å². The summed E-state index contributed by atoms with van der Waals surface area (Å²) in [6, 6.07) is 10.2. The maximum absolute atomic E-state index is 9.47. The summed E-state index contributed by atoms with van der Waals surface area (Å²) in [5, 5.41) is 9.47. The summed E-state index contributed by atoms with van der Waals surface area (Å²) in [4.78, 5) is 0. The molecule has 1 aromatic rings. The Labute approximate surface area is 74.1 Å². The fraction of sp³-hybridized carbons (Fsp3) is 0.455. The van der Waals surface area contributed by atoms with Crippen molar-refractivity contribution >= 4 is 0 Å². The summed E-state index contributed by atoms with van der Waals surface area (Å²) in [6.07, 6.45) is 0.735. The zero-order valence-corrected chi connectivity index (χ0v) is 7.70. The summed E-state index contributed by atoms with van der Waals surface area (Å²) in [5.74, 6) is 0.284. The molecule has 0 aliphatic heterocycles. The molecule has 1 aromatic carbocycles. The quantitative estimate of drug-likeness (QED) is 0.728. The molecule has 12 heavy (non-hydrogen) atoms. The van der Waals surface area contributed by atoms with Crippen LogP contribution < -0.4 is 0 Å². The van der Waals surface area contributed by atoms with Crippen LogP contribution in [0, 0.1) is 0 Å². The highest BCUT2D eigenvalue weighted by Gasteiger charge is 2.13. The first-order valence-electron chi connectivity index (χ1n) is 4.48. The molecule has 2 atom stereocenters. The van der Waals surface area contributed by atoms with Crippen molar-refractivity contribution in [3.8, 4) is 0 Å². The van der Waals surface area contributed by atoms with Crippen LogP contribution in [0.3, 0.4) is 0 Å². The van der Waals surface area contributed by atoms with Crippen molar-refractivity contribution in [2.45, 2.75) is 32.3 Å². The molecular weight excluding hydrogens is 148 g/mol. The second kappa shape index (κ2) is 4.27. The number of aliphatic hydroxyl groups is 1. The third-order valence-corrected chi connectivity index (χ3v) is 2.25. The Hall–Kier alpha value is -0.820. The lowest BCUT2D eigenvalue weighted by molar-refractivity contribution is 0.160. The van der Waals surface area contributed by atoms with E-state index in [-0.39, 0.29) is 12.0 Å². The normalized spacial score (nSPS) is 15.6. The van der Waals surface area contributed by atoms with E-state index in [1.165, 1.54) is 5.56 Å². The smallest absolute Gasteiger partial charge is 0.0580 e. The summed E-state index contributed by atoms with van der Waals surface area (Å²) in [6.45, 7) is 3.95. The summed E-state index contributed by atoms with van der Waals surface area (Å²) in [5.41, 5.74) is 1.23. The number of benzene rings is 1. The van der Waals surface area contributed by atoms with E-state index < -0.39 is 0 Å². The van der Waals surface area contributed by atoms with E-state index >= 15 is 0 Å². The van der Waals surface area contributed by atoms with Crippen molar-refractivity contribution < 1.29 is 5.11 Å². The van der Waals surface area contributed by atoms with Crippen molar-refractivity contribution in [2.75, 3.05) is 0 Å². The van der Waals surface area contributed by atoms with Crippen molar-refractivity contribution in [3.05, 3.63) is 35.9 Å². The first kappa shape index (κ1) is 9.27. The van der Waals surface area contributed by atoms with Crippen molar-refractivity contribution in [2.24, 2.45) is 0 Å². The Bertz CT molecular complexity index is 216. The Morgan fingerprint density at radius 2 is 1.83 bits per heavy atom. The lowest BCUT2D eigenvalue weighted by Crippen LogP contribution is -2.13. The maximum atomic E-state index is 9.47.